The van der Waals surface area contributed by atoms with E-state index in [2.05, 4.69) is 0 Å². The van der Waals surface area contributed by atoms with E-state index in [1.165, 1.54) is 0 Å². The van der Waals surface area contributed by atoms with Gasteiger partial charge in [0.25, 0.3) is 0 Å². The summed E-state index contributed by atoms with van der Waals surface area (Å²) in [5.74, 6) is 0. The largest absolute Gasteiger partial charge is 0.492 e. The molecule has 3 nitrogen and oxygen atoms in total. The fraction of sp³-hybridized carbons (Fsp3) is 1.00. The molecule has 0 heterocycles. The van der Waals surface area contributed by atoms with Crippen LogP contribution in [0, 0.1) is 0 Å². The monoisotopic (exact) mass is 161 g/mol. The third-order valence-electron chi connectivity index (χ3n) is 0.585. The maximum atomic E-state index is 8.27. The van der Waals surface area contributed by atoms with E-state index in [4.69, 9.17) is 14.4 Å². The second-order valence-electron chi connectivity index (χ2n) is 1.52. The third kappa shape index (κ3) is 10.7. The van der Waals surface area contributed by atoms with Gasteiger partial charge in [-0.1, -0.05) is 13.3 Å². The molecule has 0 fully saturated rings. The van der Waals surface area contributed by atoms with Crippen LogP contribution in [0.15, 0.2) is 0 Å². The van der Waals surface area contributed by atoms with Gasteiger partial charge in [-0.25, -0.2) is 0 Å². The third-order valence-corrected chi connectivity index (χ3v) is 1.76. The Kier molecular flexibility index (Phi) is 8.55. The average Bonchev–Trinajstić information content (AvgIpc) is 1.30. The minimum Gasteiger partial charge on any atom is -0.390 e. The van der Waals surface area contributed by atoms with E-state index in [1.54, 1.807) is 6.92 Å². The predicted octanol–water partition coefficient (Wildman–Crippen LogP) is -1.07. The summed E-state index contributed by atoms with van der Waals surface area (Å²) in [6.45, 7) is 1.78. The number of rotatable bonds is 2. The van der Waals surface area contributed by atoms with Gasteiger partial charge in [-0.05, 0) is 0 Å². The summed E-state index contributed by atoms with van der Waals surface area (Å²) in [5.41, 5.74) is 0. The molecule has 0 rings (SSSR count). The zero-order valence-corrected chi connectivity index (χ0v) is 9.38. The smallest absolute Gasteiger partial charge is 0.390 e. The zero-order valence-electron chi connectivity index (χ0n) is 5.26. The molecule has 0 aromatic heterocycles. The van der Waals surface area contributed by atoms with Gasteiger partial charge in [0.05, 0.1) is 0 Å². The summed E-state index contributed by atoms with van der Waals surface area (Å²) in [7, 11) is -3.66. The molecular formula is C3H10KO3Si. The van der Waals surface area contributed by atoms with E-state index in [0.29, 0.717) is 6.42 Å². The van der Waals surface area contributed by atoms with Gasteiger partial charge in [0.15, 0.2) is 0 Å². The van der Waals surface area contributed by atoms with Gasteiger partial charge in [-0.15, -0.1) is 0 Å². The number of hydrogen-bond acceptors (Lipinski definition) is 3. The first-order chi connectivity index (χ1) is 3.06. The molecule has 0 saturated carbocycles. The quantitative estimate of drug-likeness (QED) is 0.452. The van der Waals surface area contributed by atoms with Crippen LogP contribution in [0.25, 0.3) is 0 Å². The topological polar surface area (TPSA) is 60.7 Å². The van der Waals surface area contributed by atoms with Crippen molar-refractivity contribution >= 4 is 60.2 Å². The van der Waals surface area contributed by atoms with Crippen molar-refractivity contribution < 1.29 is 14.4 Å². The normalized spacial score (nSPS) is 10.5. The minimum absolute atomic E-state index is 0. The van der Waals surface area contributed by atoms with E-state index in [9.17, 15) is 0 Å². The van der Waals surface area contributed by atoms with Gasteiger partial charge in [-0.3, -0.25) is 0 Å². The molecule has 3 N–H and O–H groups in total. The minimum atomic E-state index is -3.66. The molecular weight excluding hydrogens is 151 g/mol. The molecule has 0 aromatic carbocycles. The first kappa shape index (κ1) is 12.4. The van der Waals surface area contributed by atoms with Crippen LogP contribution < -0.4 is 0 Å². The average molecular weight is 161 g/mol. The molecule has 0 unspecified atom stereocenters. The molecule has 1 radical (unpaired) electrons. The molecule has 0 amide bonds. The fourth-order valence-corrected chi connectivity index (χ4v) is 1.01. The summed E-state index contributed by atoms with van der Waals surface area (Å²) >= 11 is 0. The molecule has 0 saturated heterocycles. The standard InChI is InChI=1S/C3H10O3Si.K/c1-2-3-7(4,5)6;/h4-6H,2-3H2,1H3;. The first-order valence-electron chi connectivity index (χ1n) is 2.23. The summed E-state index contributed by atoms with van der Waals surface area (Å²) < 4.78 is 0. The Balaban J connectivity index is 0. The molecule has 0 aromatic rings. The van der Waals surface area contributed by atoms with Crippen LogP contribution in [-0.2, 0) is 0 Å². The van der Waals surface area contributed by atoms with Crippen LogP contribution in [0.3, 0.4) is 0 Å². The van der Waals surface area contributed by atoms with Crippen molar-refractivity contribution in [2.45, 2.75) is 19.4 Å². The van der Waals surface area contributed by atoms with E-state index in [0.717, 1.165) is 0 Å². The molecule has 0 bridgehead atoms. The van der Waals surface area contributed by atoms with Crippen molar-refractivity contribution in [3.63, 3.8) is 0 Å². The van der Waals surface area contributed by atoms with Gasteiger partial charge in [-0.2, -0.15) is 0 Å². The Labute approximate surface area is 92.5 Å². The number of hydrogen-bond donors (Lipinski definition) is 3. The van der Waals surface area contributed by atoms with Crippen LogP contribution in [0.2, 0.25) is 6.04 Å². The molecule has 0 aliphatic heterocycles. The predicted molar refractivity (Wildman–Crippen MR) is 33.3 cm³/mol. The summed E-state index contributed by atoms with van der Waals surface area (Å²) in [4.78, 5) is 24.8. The maximum Gasteiger partial charge on any atom is 0.492 e. The van der Waals surface area contributed by atoms with Crippen LogP contribution in [-0.4, -0.2) is 74.6 Å². The molecule has 45 valence electrons. The summed E-state index contributed by atoms with van der Waals surface area (Å²) in [6, 6.07) is 0.146. The Morgan fingerprint density at radius 3 is 1.62 bits per heavy atom. The second kappa shape index (κ2) is 5.51. The Morgan fingerprint density at radius 2 is 1.62 bits per heavy atom. The summed E-state index contributed by atoms with van der Waals surface area (Å²) in [5, 5.41) is 0. The van der Waals surface area contributed by atoms with E-state index in [-0.39, 0.29) is 57.4 Å². The van der Waals surface area contributed by atoms with Crippen LogP contribution in [0.1, 0.15) is 13.3 Å². The summed E-state index contributed by atoms with van der Waals surface area (Å²) in [6.07, 6.45) is 0.621. The van der Waals surface area contributed by atoms with E-state index < -0.39 is 8.80 Å². The molecule has 0 atom stereocenters. The fourth-order valence-electron chi connectivity index (χ4n) is 0.335. The van der Waals surface area contributed by atoms with Crippen molar-refractivity contribution in [1.82, 2.24) is 0 Å². The zero-order chi connectivity index (χ0) is 5.91. The van der Waals surface area contributed by atoms with Crippen LogP contribution in [0.4, 0.5) is 0 Å². The van der Waals surface area contributed by atoms with Crippen LogP contribution >= 0.6 is 0 Å². The van der Waals surface area contributed by atoms with Crippen molar-refractivity contribution in [3.05, 3.63) is 0 Å². The van der Waals surface area contributed by atoms with Gasteiger partial charge in [0.2, 0.25) is 0 Å². The Hall–Kier alpha value is 1.73. The van der Waals surface area contributed by atoms with Crippen molar-refractivity contribution in [2.24, 2.45) is 0 Å². The Morgan fingerprint density at radius 1 is 1.25 bits per heavy atom. The van der Waals surface area contributed by atoms with Gasteiger partial charge in [0, 0.05) is 57.4 Å². The Bertz CT molecular complexity index is 53.0. The molecule has 5 heteroatoms. The molecule has 0 aliphatic carbocycles. The van der Waals surface area contributed by atoms with E-state index >= 15 is 0 Å². The van der Waals surface area contributed by atoms with Crippen molar-refractivity contribution in [1.29, 1.82) is 0 Å². The second-order valence-corrected chi connectivity index (χ2v) is 3.57. The maximum absolute atomic E-state index is 8.27. The van der Waals surface area contributed by atoms with Crippen molar-refractivity contribution in [3.8, 4) is 0 Å². The molecule has 0 aliphatic rings. The van der Waals surface area contributed by atoms with E-state index in [1.807, 2.05) is 0 Å². The first-order valence-corrected chi connectivity index (χ1v) is 4.28. The van der Waals surface area contributed by atoms with Gasteiger partial charge >= 0.3 is 8.80 Å². The van der Waals surface area contributed by atoms with Gasteiger partial charge in [0.1, 0.15) is 0 Å². The van der Waals surface area contributed by atoms with Gasteiger partial charge < -0.3 is 14.4 Å². The molecule has 0 spiro atoms. The molecule has 8 heavy (non-hydrogen) atoms. The van der Waals surface area contributed by atoms with Crippen LogP contribution in [0.5, 0.6) is 0 Å². The SMILES string of the molecule is CCC[Si](O)(O)O.[K]. The van der Waals surface area contributed by atoms with Crippen molar-refractivity contribution in [2.75, 3.05) is 0 Å².